The Balaban J connectivity index is 4.56. The molecule has 12 heavy (non-hydrogen) atoms. The minimum atomic E-state index is 0.0903. The summed E-state index contributed by atoms with van der Waals surface area (Å²) in [5.41, 5.74) is 0.260. The number of hydrogen-bond donors (Lipinski definition) is 0. The molecule has 1 unspecified atom stereocenters. The van der Waals surface area contributed by atoms with Crippen molar-refractivity contribution in [1.82, 2.24) is 0 Å². The zero-order chi connectivity index (χ0) is 9.99. The maximum atomic E-state index is 6.16. The lowest BCUT2D eigenvalue weighted by Gasteiger charge is -2.39. The summed E-state index contributed by atoms with van der Waals surface area (Å²) in [5.74, 6) is 0.196. The Morgan fingerprint density at radius 2 is 1.50 bits per heavy atom. The monoisotopic (exact) mass is 164 g/mol. The van der Waals surface area contributed by atoms with Gasteiger partial charge in [0, 0.05) is 0 Å². The van der Waals surface area contributed by atoms with E-state index in [4.69, 9.17) is 7.85 Å². The third-order valence-corrected chi connectivity index (χ3v) is 2.33. The van der Waals surface area contributed by atoms with E-state index in [1.807, 2.05) is 6.92 Å². The van der Waals surface area contributed by atoms with Crippen LogP contribution in [0.2, 0.25) is 5.82 Å². The lowest BCUT2D eigenvalue weighted by molar-refractivity contribution is 0.263. The molecule has 0 bridgehead atoms. The van der Waals surface area contributed by atoms with Crippen molar-refractivity contribution in [2.24, 2.45) is 10.8 Å². The molecule has 0 saturated heterocycles. The van der Waals surface area contributed by atoms with Crippen LogP contribution >= 0.6 is 0 Å². The molecule has 0 spiro atoms. The number of rotatable bonds is 2. The predicted molar refractivity (Wildman–Crippen MR) is 57.6 cm³/mol. The summed E-state index contributed by atoms with van der Waals surface area (Å²) >= 11 is 0. The van der Waals surface area contributed by atoms with Gasteiger partial charge < -0.3 is 0 Å². The summed E-state index contributed by atoms with van der Waals surface area (Å²) in [7, 11) is 6.16. The molecule has 0 aromatic carbocycles. The zero-order valence-electron chi connectivity index (χ0n) is 9.31. The van der Waals surface area contributed by atoms with Crippen LogP contribution in [0.1, 0.15) is 41.5 Å². The summed E-state index contributed by atoms with van der Waals surface area (Å²) in [6.45, 7) is 13.0. The molecular weight excluding hydrogens is 143 g/mol. The highest BCUT2D eigenvalue weighted by molar-refractivity contribution is 6.12. The average molecular weight is 164 g/mol. The van der Waals surface area contributed by atoms with E-state index in [-0.39, 0.29) is 16.6 Å². The largest absolute Gasteiger partial charge is 0.0911 e. The van der Waals surface area contributed by atoms with E-state index in [1.165, 1.54) is 0 Å². The minimum Gasteiger partial charge on any atom is -0.0911 e. The second-order valence-corrected chi connectivity index (χ2v) is 5.17. The van der Waals surface area contributed by atoms with Gasteiger partial charge in [-0.05, 0) is 17.8 Å². The number of allylic oxidation sites excluding steroid dienone is 2. The molecule has 0 heterocycles. The Morgan fingerprint density at radius 3 is 1.75 bits per heavy atom. The summed E-state index contributed by atoms with van der Waals surface area (Å²) < 4.78 is 0. The van der Waals surface area contributed by atoms with Crippen molar-refractivity contribution < 1.29 is 0 Å². The maximum Gasteiger partial charge on any atom is 0.0718 e. The van der Waals surface area contributed by atoms with Gasteiger partial charge in [0.05, 0.1) is 7.85 Å². The van der Waals surface area contributed by atoms with Crippen molar-refractivity contribution in [2.75, 3.05) is 0 Å². The van der Waals surface area contributed by atoms with Gasteiger partial charge >= 0.3 is 0 Å². The van der Waals surface area contributed by atoms with Crippen molar-refractivity contribution in [3.63, 3.8) is 0 Å². The second kappa shape index (κ2) is 3.68. The van der Waals surface area contributed by atoms with E-state index in [2.05, 4.69) is 46.8 Å². The van der Waals surface area contributed by atoms with E-state index in [0.717, 1.165) is 0 Å². The van der Waals surface area contributed by atoms with Crippen LogP contribution in [0.5, 0.6) is 0 Å². The fraction of sp³-hybridized carbons (Fsp3) is 0.818. The van der Waals surface area contributed by atoms with E-state index in [0.29, 0.717) is 0 Å². The quantitative estimate of drug-likeness (QED) is 0.432. The van der Waals surface area contributed by atoms with E-state index >= 15 is 0 Å². The Kier molecular flexibility index (Phi) is 3.62. The molecule has 0 rings (SSSR count). The van der Waals surface area contributed by atoms with Crippen molar-refractivity contribution in [3.05, 3.63) is 12.2 Å². The first kappa shape index (κ1) is 11.8. The van der Waals surface area contributed by atoms with Crippen LogP contribution in [0, 0.1) is 10.8 Å². The fourth-order valence-corrected chi connectivity index (χ4v) is 1.65. The smallest absolute Gasteiger partial charge is 0.0718 e. The molecule has 0 fully saturated rings. The van der Waals surface area contributed by atoms with Crippen LogP contribution in [0.4, 0.5) is 0 Å². The van der Waals surface area contributed by atoms with Crippen molar-refractivity contribution in [3.8, 4) is 0 Å². The van der Waals surface area contributed by atoms with Gasteiger partial charge in [0.2, 0.25) is 0 Å². The molecule has 0 N–H and O–H groups in total. The molecule has 1 atom stereocenters. The second-order valence-electron chi connectivity index (χ2n) is 5.17. The molecule has 0 aliphatic carbocycles. The van der Waals surface area contributed by atoms with E-state index in [1.54, 1.807) is 0 Å². The topological polar surface area (TPSA) is 0 Å². The van der Waals surface area contributed by atoms with Crippen LogP contribution < -0.4 is 0 Å². The first-order valence-corrected chi connectivity index (χ1v) is 4.61. The van der Waals surface area contributed by atoms with Crippen molar-refractivity contribution in [1.29, 1.82) is 0 Å². The molecule has 0 aromatic heterocycles. The fourth-order valence-electron chi connectivity index (χ4n) is 1.65. The van der Waals surface area contributed by atoms with E-state index in [9.17, 15) is 0 Å². The van der Waals surface area contributed by atoms with Crippen LogP contribution in [-0.2, 0) is 0 Å². The highest BCUT2D eigenvalue weighted by atomic mass is 14.3. The summed E-state index contributed by atoms with van der Waals surface area (Å²) in [4.78, 5) is 0. The highest BCUT2D eigenvalue weighted by Crippen LogP contribution is 2.43. The maximum absolute atomic E-state index is 6.16. The normalized spacial score (nSPS) is 16.8. The third-order valence-electron chi connectivity index (χ3n) is 2.33. The van der Waals surface area contributed by atoms with Crippen LogP contribution in [0.15, 0.2) is 12.2 Å². The third kappa shape index (κ3) is 3.04. The standard InChI is InChI=1S/C11H21B/c1-7-8-11(5,6)9(12)10(2,3)4/h7-9H,1-6H3/b8-7+. The molecule has 0 aromatic rings. The van der Waals surface area contributed by atoms with Gasteiger partial charge in [0.15, 0.2) is 0 Å². The summed E-state index contributed by atoms with van der Waals surface area (Å²) in [5, 5.41) is 0. The van der Waals surface area contributed by atoms with Crippen LogP contribution in [0.25, 0.3) is 0 Å². The predicted octanol–water partition coefficient (Wildman–Crippen LogP) is 3.59. The Hall–Kier alpha value is -0.195. The Bertz CT molecular complexity index is 160. The van der Waals surface area contributed by atoms with Crippen molar-refractivity contribution in [2.45, 2.75) is 47.4 Å². The van der Waals surface area contributed by atoms with Gasteiger partial charge in [-0.2, -0.15) is 0 Å². The number of hydrogen-bond acceptors (Lipinski definition) is 0. The SMILES string of the molecule is [B]C(C(C)(C)C)C(C)(C)/C=C/C. The van der Waals surface area contributed by atoms with Crippen LogP contribution in [0.3, 0.4) is 0 Å². The van der Waals surface area contributed by atoms with Gasteiger partial charge in [-0.15, -0.1) is 0 Å². The first-order chi connectivity index (χ1) is 5.22. The van der Waals surface area contributed by atoms with Gasteiger partial charge in [-0.25, -0.2) is 0 Å². The molecule has 1 heteroatoms. The van der Waals surface area contributed by atoms with Crippen molar-refractivity contribution >= 4 is 7.85 Å². The molecule has 0 nitrogen and oxygen atoms in total. The molecule has 2 radical (unpaired) electrons. The van der Waals surface area contributed by atoms with Gasteiger partial charge in [-0.1, -0.05) is 52.6 Å². The average Bonchev–Trinajstić information content (AvgIpc) is 1.84. The lowest BCUT2D eigenvalue weighted by Crippen LogP contribution is -2.28. The molecule has 0 amide bonds. The Labute approximate surface area is 78.9 Å². The van der Waals surface area contributed by atoms with Gasteiger partial charge in [-0.3, -0.25) is 0 Å². The summed E-state index contributed by atoms with van der Waals surface area (Å²) in [6.07, 6.45) is 4.26. The van der Waals surface area contributed by atoms with Gasteiger partial charge in [0.1, 0.15) is 0 Å². The lowest BCUT2D eigenvalue weighted by atomic mass is 9.56. The van der Waals surface area contributed by atoms with Gasteiger partial charge in [0.25, 0.3) is 0 Å². The van der Waals surface area contributed by atoms with Crippen LogP contribution in [-0.4, -0.2) is 7.85 Å². The zero-order valence-corrected chi connectivity index (χ0v) is 9.31. The molecular formula is C11H21B. The summed E-state index contributed by atoms with van der Waals surface area (Å²) in [6, 6.07) is 0. The molecule has 0 aliphatic heterocycles. The molecule has 0 saturated carbocycles. The molecule has 0 aliphatic rings. The first-order valence-electron chi connectivity index (χ1n) is 4.61. The molecule has 68 valence electrons. The minimum absolute atomic E-state index is 0.0903. The Morgan fingerprint density at radius 1 is 1.08 bits per heavy atom. The van der Waals surface area contributed by atoms with E-state index < -0.39 is 0 Å². The highest BCUT2D eigenvalue weighted by Gasteiger charge is 2.31.